The van der Waals surface area contributed by atoms with Crippen molar-refractivity contribution in [3.05, 3.63) is 29.8 Å². The molecule has 10 heteroatoms. The second-order valence-electron chi connectivity index (χ2n) is 4.49. The number of ether oxygens (including phenoxy) is 2. The lowest BCUT2D eigenvalue weighted by Gasteiger charge is -2.23. The number of nitrogens with zero attached hydrogens (tertiary/aromatic N) is 1. The van der Waals surface area contributed by atoms with Gasteiger partial charge in [0.05, 0.1) is 6.61 Å². The highest BCUT2D eigenvalue weighted by Crippen LogP contribution is 2.21. The smallest absolute Gasteiger partial charge is 0.406 e. The Labute approximate surface area is 133 Å². The number of rotatable bonds is 7. The lowest BCUT2D eigenvalue weighted by atomic mass is 10.2. The lowest BCUT2D eigenvalue weighted by Crippen LogP contribution is -2.42. The molecule has 1 aromatic carbocycles. The summed E-state index contributed by atoms with van der Waals surface area (Å²) < 4.78 is 70.7. The van der Waals surface area contributed by atoms with Gasteiger partial charge in [-0.2, -0.15) is 22.0 Å². The van der Waals surface area contributed by atoms with Gasteiger partial charge >= 0.3 is 18.8 Å². The summed E-state index contributed by atoms with van der Waals surface area (Å²) in [6, 6.07) is 4.27. The van der Waals surface area contributed by atoms with Crippen LogP contribution in [0.25, 0.3) is 0 Å². The standard InChI is InChI=1S/C14H14F5NO4/c1-2-23-11(21)7-20(8-14(17,18)19)12(22)9-4-3-5-10(6-9)24-13(15)16/h3-6,13H,2,7-8H2,1H3. The molecule has 0 saturated carbocycles. The van der Waals surface area contributed by atoms with Crippen LogP contribution in [0.4, 0.5) is 22.0 Å². The quantitative estimate of drug-likeness (QED) is 0.558. The molecular weight excluding hydrogens is 341 g/mol. The minimum absolute atomic E-state index is 0.0649. The van der Waals surface area contributed by atoms with E-state index >= 15 is 0 Å². The van der Waals surface area contributed by atoms with E-state index < -0.39 is 37.8 Å². The van der Waals surface area contributed by atoms with E-state index in [4.69, 9.17) is 0 Å². The zero-order valence-corrected chi connectivity index (χ0v) is 12.5. The fraction of sp³-hybridized carbons (Fsp3) is 0.429. The van der Waals surface area contributed by atoms with Gasteiger partial charge < -0.3 is 14.4 Å². The van der Waals surface area contributed by atoms with Crippen molar-refractivity contribution in [2.24, 2.45) is 0 Å². The molecular formula is C14H14F5NO4. The van der Waals surface area contributed by atoms with Crippen molar-refractivity contribution in [2.75, 3.05) is 19.7 Å². The van der Waals surface area contributed by atoms with Crippen molar-refractivity contribution in [3.63, 3.8) is 0 Å². The Balaban J connectivity index is 2.99. The first-order valence-corrected chi connectivity index (χ1v) is 6.69. The highest BCUT2D eigenvalue weighted by molar-refractivity contribution is 5.96. The van der Waals surface area contributed by atoms with Gasteiger partial charge in [-0.25, -0.2) is 0 Å². The summed E-state index contributed by atoms with van der Waals surface area (Å²) in [6.45, 7) is -4.37. The maximum atomic E-state index is 12.6. The summed E-state index contributed by atoms with van der Waals surface area (Å²) in [6.07, 6.45) is -4.75. The number of hydrogen-bond acceptors (Lipinski definition) is 4. The van der Waals surface area contributed by atoms with Crippen molar-refractivity contribution in [1.29, 1.82) is 0 Å². The summed E-state index contributed by atoms with van der Waals surface area (Å²) in [5.41, 5.74) is -0.332. The third-order valence-electron chi connectivity index (χ3n) is 2.59. The number of alkyl halides is 5. The van der Waals surface area contributed by atoms with Crippen molar-refractivity contribution in [2.45, 2.75) is 19.7 Å². The molecule has 0 bridgehead atoms. The molecule has 0 spiro atoms. The molecule has 0 saturated heterocycles. The molecule has 0 aromatic heterocycles. The van der Waals surface area contributed by atoms with Crippen LogP contribution in [0, 0.1) is 0 Å². The molecule has 0 aliphatic rings. The van der Waals surface area contributed by atoms with Crippen LogP contribution in [0.15, 0.2) is 24.3 Å². The van der Waals surface area contributed by atoms with Crippen LogP contribution >= 0.6 is 0 Å². The van der Waals surface area contributed by atoms with E-state index in [0.717, 1.165) is 18.2 Å². The van der Waals surface area contributed by atoms with Crippen LogP contribution in [0.3, 0.4) is 0 Å². The topological polar surface area (TPSA) is 55.8 Å². The van der Waals surface area contributed by atoms with Crippen LogP contribution in [0.2, 0.25) is 0 Å². The molecule has 5 nitrogen and oxygen atoms in total. The first kappa shape index (κ1) is 19.7. The van der Waals surface area contributed by atoms with Crippen LogP contribution in [-0.4, -0.2) is 49.3 Å². The minimum atomic E-state index is -4.75. The molecule has 24 heavy (non-hydrogen) atoms. The Kier molecular flexibility index (Phi) is 6.93. The van der Waals surface area contributed by atoms with E-state index in [1.807, 2.05) is 0 Å². The zero-order valence-electron chi connectivity index (χ0n) is 12.5. The Hall–Kier alpha value is -2.39. The normalized spacial score (nSPS) is 11.3. The average molecular weight is 355 g/mol. The van der Waals surface area contributed by atoms with Gasteiger partial charge in [-0.15, -0.1) is 0 Å². The summed E-state index contributed by atoms with van der Waals surface area (Å²) >= 11 is 0. The van der Waals surface area contributed by atoms with E-state index in [2.05, 4.69) is 9.47 Å². The van der Waals surface area contributed by atoms with Crippen molar-refractivity contribution < 1.29 is 41.0 Å². The van der Waals surface area contributed by atoms with Gasteiger partial charge in [0.2, 0.25) is 0 Å². The Morgan fingerprint density at radius 1 is 1.25 bits per heavy atom. The molecule has 1 aromatic rings. The summed E-state index contributed by atoms with van der Waals surface area (Å²) in [5, 5.41) is 0. The van der Waals surface area contributed by atoms with Crippen molar-refractivity contribution >= 4 is 11.9 Å². The fourth-order valence-corrected chi connectivity index (χ4v) is 1.77. The van der Waals surface area contributed by atoms with E-state index in [1.54, 1.807) is 0 Å². The molecule has 0 aliphatic carbocycles. The van der Waals surface area contributed by atoms with Gasteiger partial charge in [0.1, 0.15) is 18.8 Å². The molecule has 0 unspecified atom stereocenters. The van der Waals surface area contributed by atoms with Crippen molar-refractivity contribution in [3.8, 4) is 5.75 Å². The number of benzene rings is 1. The van der Waals surface area contributed by atoms with Gasteiger partial charge in [0.25, 0.3) is 5.91 Å². The van der Waals surface area contributed by atoms with Gasteiger partial charge in [-0.3, -0.25) is 9.59 Å². The van der Waals surface area contributed by atoms with Gasteiger partial charge in [0, 0.05) is 5.56 Å². The maximum absolute atomic E-state index is 12.6. The molecule has 1 amide bonds. The van der Waals surface area contributed by atoms with Gasteiger partial charge in [0.15, 0.2) is 0 Å². The fourth-order valence-electron chi connectivity index (χ4n) is 1.77. The molecule has 0 fully saturated rings. The number of carbonyl (C=O) groups excluding carboxylic acids is 2. The van der Waals surface area contributed by atoms with Gasteiger partial charge in [-0.05, 0) is 25.1 Å². The number of halogens is 5. The number of hydrogen-bond donors (Lipinski definition) is 0. The van der Waals surface area contributed by atoms with Gasteiger partial charge in [-0.1, -0.05) is 6.07 Å². The number of esters is 1. The highest BCUT2D eigenvalue weighted by Gasteiger charge is 2.34. The molecule has 1 rings (SSSR count). The molecule has 0 heterocycles. The van der Waals surface area contributed by atoms with Crippen molar-refractivity contribution in [1.82, 2.24) is 4.90 Å². The summed E-state index contributed by atoms with van der Waals surface area (Å²) in [5.74, 6) is -2.57. The maximum Gasteiger partial charge on any atom is 0.406 e. The SMILES string of the molecule is CCOC(=O)CN(CC(F)(F)F)C(=O)c1cccc(OC(F)F)c1. The Bertz CT molecular complexity index is 577. The zero-order chi connectivity index (χ0) is 18.3. The summed E-state index contributed by atoms with van der Waals surface area (Å²) in [4.78, 5) is 23.8. The number of amides is 1. The third kappa shape index (κ3) is 6.80. The predicted octanol–water partition coefficient (Wildman–Crippen LogP) is 2.86. The number of carbonyl (C=O) groups is 2. The van der Waals surface area contributed by atoms with E-state index in [-0.39, 0.29) is 22.8 Å². The first-order valence-electron chi connectivity index (χ1n) is 6.69. The second kappa shape index (κ2) is 8.46. The Morgan fingerprint density at radius 2 is 1.92 bits per heavy atom. The van der Waals surface area contributed by atoms with E-state index in [1.165, 1.54) is 13.0 Å². The molecule has 134 valence electrons. The lowest BCUT2D eigenvalue weighted by molar-refractivity contribution is -0.153. The third-order valence-corrected chi connectivity index (χ3v) is 2.59. The second-order valence-corrected chi connectivity index (χ2v) is 4.49. The first-order chi connectivity index (χ1) is 11.1. The van der Waals surface area contributed by atoms with Crippen LogP contribution in [0.5, 0.6) is 5.75 Å². The largest absolute Gasteiger partial charge is 0.465 e. The van der Waals surface area contributed by atoms with E-state index in [9.17, 15) is 31.5 Å². The summed E-state index contributed by atoms with van der Waals surface area (Å²) in [7, 11) is 0. The minimum Gasteiger partial charge on any atom is -0.465 e. The molecule has 0 radical (unpaired) electrons. The van der Waals surface area contributed by atoms with E-state index in [0.29, 0.717) is 0 Å². The Morgan fingerprint density at radius 3 is 2.46 bits per heavy atom. The van der Waals surface area contributed by atoms with Crippen LogP contribution < -0.4 is 4.74 Å². The predicted molar refractivity (Wildman–Crippen MR) is 71.7 cm³/mol. The highest BCUT2D eigenvalue weighted by atomic mass is 19.4. The molecule has 0 aliphatic heterocycles. The average Bonchev–Trinajstić information content (AvgIpc) is 2.44. The molecule has 0 N–H and O–H groups in total. The monoisotopic (exact) mass is 355 g/mol. The molecule has 0 atom stereocenters. The van der Waals surface area contributed by atoms with Crippen LogP contribution in [0.1, 0.15) is 17.3 Å². The van der Waals surface area contributed by atoms with Crippen LogP contribution in [-0.2, 0) is 9.53 Å².